The maximum Gasteiger partial charge on any atom is 0.0560 e. The summed E-state index contributed by atoms with van der Waals surface area (Å²) in [7, 11) is 0. The molecule has 53 heavy (non-hydrogen) atoms. The predicted molar refractivity (Wildman–Crippen MR) is 228 cm³/mol. The Kier molecular flexibility index (Phi) is 7.42. The summed E-state index contributed by atoms with van der Waals surface area (Å²) in [4.78, 5) is 2.50. The van der Waals surface area contributed by atoms with Crippen molar-refractivity contribution >= 4 is 48.6 Å². The largest absolute Gasteiger partial charge is 0.310 e. The molecule has 252 valence electrons. The lowest BCUT2D eigenvalue weighted by Crippen LogP contribution is -2.16. The van der Waals surface area contributed by atoms with Gasteiger partial charge in [0.05, 0.1) is 5.69 Å². The standard InChI is InChI=1S/C51H37NS/c1-51(2)45-21-13-12-20-42(45)43-29-27-41(33-46(43)51)52(40-25-22-37(23-26-40)34-14-6-3-7-15-34)47-30-39(36-18-10-5-11-19-36)32-49-50(47)44-28-24-38(31-48(44)53-49)35-16-8-4-9-17-35/h3-33H,1-2H3. The molecule has 8 aromatic carbocycles. The van der Waals surface area contributed by atoms with Gasteiger partial charge in [-0.25, -0.2) is 0 Å². The third kappa shape index (κ3) is 5.29. The molecule has 10 rings (SSSR count). The van der Waals surface area contributed by atoms with Gasteiger partial charge in [-0.3, -0.25) is 0 Å². The van der Waals surface area contributed by atoms with Gasteiger partial charge in [-0.1, -0.05) is 159 Å². The number of benzene rings is 8. The number of anilines is 3. The minimum Gasteiger partial charge on any atom is -0.310 e. The minimum atomic E-state index is -0.116. The molecule has 1 aliphatic carbocycles. The molecule has 0 fully saturated rings. The average Bonchev–Trinajstić information content (AvgIpc) is 3.70. The quantitative estimate of drug-likeness (QED) is 0.167. The first kappa shape index (κ1) is 31.5. The second-order valence-electron chi connectivity index (χ2n) is 14.6. The Morgan fingerprint density at radius 3 is 1.62 bits per heavy atom. The van der Waals surface area contributed by atoms with E-state index in [1.165, 1.54) is 81.5 Å². The Hall–Kier alpha value is -6.22. The van der Waals surface area contributed by atoms with Crippen molar-refractivity contribution in [3.8, 4) is 44.5 Å². The Bertz CT molecular complexity index is 2780. The van der Waals surface area contributed by atoms with Crippen molar-refractivity contribution in [1.29, 1.82) is 0 Å². The van der Waals surface area contributed by atoms with Crippen molar-refractivity contribution in [3.05, 3.63) is 199 Å². The Morgan fingerprint density at radius 2 is 0.925 bits per heavy atom. The first-order valence-corrected chi connectivity index (χ1v) is 19.2. The van der Waals surface area contributed by atoms with E-state index in [9.17, 15) is 0 Å². The Morgan fingerprint density at radius 1 is 0.396 bits per heavy atom. The van der Waals surface area contributed by atoms with Crippen LogP contribution in [0.25, 0.3) is 64.7 Å². The molecule has 1 heterocycles. The van der Waals surface area contributed by atoms with Crippen molar-refractivity contribution in [1.82, 2.24) is 0 Å². The molecular formula is C51H37NS. The molecule has 0 aliphatic heterocycles. The number of thiophene rings is 1. The molecule has 0 N–H and O–H groups in total. The maximum absolute atomic E-state index is 2.50. The Labute approximate surface area is 315 Å². The van der Waals surface area contributed by atoms with Gasteiger partial charge in [-0.05, 0) is 98.1 Å². The van der Waals surface area contributed by atoms with Crippen molar-refractivity contribution in [2.45, 2.75) is 19.3 Å². The van der Waals surface area contributed by atoms with Gasteiger partial charge in [0.15, 0.2) is 0 Å². The number of fused-ring (bicyclic) bond motifs is 6. The third-order valence-corrected chi connectivity index (χ3v) is 12.2. The summed E-state index contributed by atoms with van der Waals surface area (Å²) >= 11 is 1.89. The van der Waals surface area contributed by atoms with Crippen LogP contribution >= 0.6 is 11.3 Å². The summed E-state index contributed by atoms with van der Waals surface area (Å²) in [6, 6.07) is 69.1. The highest BCUT2D eigenvalue weighted by molar-refractivity contribution is 7.26. The fourth-order valence-electron chi connectivity index (χ4n) is 8.36. The molecule has 1 aliphatic rings. The number of rotatable bonds is 6. The highest BCUT2D eigenvalue weighted by Gasteiger charge is 2.36. The zero-order valence-electron chi connectivity index (χ0n) is 29.8. The van der Waals surface area contributed by atoms with Gasteiger partial charge in [0, 0.05) is 37.0 Å². The zero-order chi connectivity index (χ0) is 35.5. The zero-order valence-corrected chi connectivity index (χ0v) is 30.6. The second kappa shape index (κ2) is 12.5. The molecule has 0 spiro atoms. The summed E-state index contributed by atoms with van der Waals surface area (Å²) in [5.41, 5.74) is 16.1. The second-order valence-corrected chi connectivity index (χ2v) is 15.6. The lowest BCUT2D eigenvalue weighted by Gasteiger charge is -2.29. The Balaban J connectivity index is 1.24. The van der Waals surface area contributed by atoms with Gasteiger partial charge < -0.3 is 4.90 Å². The van der Waals surface area contributed by atoms with Crippen LogP contribution in [0.2, 0.25) is 0 Å². The van der Waals surface area contributed by atoms with Crippen LogP contribution in [0, 0.1) is 0 Å². The van der Waals surface area contributed by atoms with Crippen LogP contribution in [0.4, 0.5) is 17.1 Å². The minimum absolute atomic E-state index is 0.116. The van der Waals surface area contributed by atoms with E-state index in [2.05, 4.69) is 207 Å². The highest BCUT2D eigenvalue weighted by atomic mass is 32.1. The molecule has 2 heteroatoms. The molecule has 0 atom stereocenters. The average molecular weight is 696 g/mol. The van der Waals surface area contributed by atoms with Crippen molar-refractivity contribution in [2.75, 3.05) is 4.90 Å². The molecule has 0 bridgehead atoms. The summed E-state index contributed by atoms with van der Waals surface area (Å²) in [5, 5.41) is 2.55. The van der Waals surface area contributed by atoms with Gasteiger partial charge >= 0.3 is 0 Å². The third-order valence-electron chi connectivity index (χ3n) is 11.1. The fraction of sp³-hybridized carbons (Fsp3) is 0.0588. The van der Waals surface area contributed by atoms with E-state index in [0.717, 1.165) is 11.4 Å². The van der Waals surface area contributed by atoms with Crippen molar-refractivity contribution in [2.24, 2.45) is 0 Å². The van der Waals surface area contributed by atoms with E-state index in [-0.39, 0.29) is 5.41 Å². The van der Waals surface area contributed by atoms with Crippen LogP contribution in [-0.2, 0) is 5.41 Å². The van der Waals surface area contributed by atoms with E-state index in [4.69, 9.17) is 0 Å². The van der Waals surface area contributed by atoms with Crippen LogP contribution in [0.3, 0.4) is 0 Å². The van der Waals surface area contributed by atoms with Gasteiger partial charge in [0.1, 0.15) is 0 Å². The van der Waals surface area contributed by atoms with Gasteiger partial charge in [-0.15, -0.1) is 11.3 Å². The van der Waals surface area contributed by atoms with Gasteiger partial charge in [-0.2, -0.15) is 0 Å². The van der Waals surface area contributed by atoms with E-state index >= 15 is 0 Å². The molecule has 0 radical (unpaired) electrons. The number of hydrogen-bond acceptors (Lipinski definition) is 2. The molecule has 0 unspecified atom stereocenters. The topological polar surface area (TPSA) is 3.24 Å². The predicted octanol–water partition coefficient (Wildman–Crippen LogP) is 14.8. The van der Waals surface area contributed by atoms with Gasteiger partial charge in [0.25, 0.3) is 0 Å². The maximum atomic E-state index is 2.50. The summed E-state index contributed by atoms with van der Waals surface area (Å²) in [5.74, 6) is 0. The lowest BCUT2D eigenvalue weighted by molar-refractivity contribution is 0.660. The molecule has 9 aromatic rings. The first-order valence-electron chi connectivity index (χ1n) is 18.3. The fourth-order valence-corrected chi connectivity index (χ4v) is 9.57. The van der Waals surface area contributed by atoms with Crippen LogP contribution in [0.15, 0.2) is 188 Å². The summed E-state index contributed by atoms with van der Waals surface area (Å²) < 4.78 is 2.57. The van der Waals surface area contributed by atoms with E-state index in [1.54, 1.807) is 0 Å². The number of hydrogen-bond donors (Lipinski definition) is 0. The first-order chi connectivity index (χ1) is 26.0. The monoisotopic (exact) mass is 695 g/mol. The van der Waals surface area contributed by atoms with Crippen LogP contribution in [0.1, 0.15) is 25.0 Å². The lowest BCUT2D eigenvalue weighted by atomic mass is 9.82. The molecule has 1 nitrogen and oxygen atoms in total. The summed E-state index contributed by atoms with van der Waals surface area (Å²) in [6.07, 6.45) is 0. The van der Waals surface area contributed by atoms with Crippen molar-refractivity contribution in [3.63, 3.8) is 0 Å². The molecule has 0 saturated carbocycles. The summed E-state index contributed by atoms with van der Waals surface area (Å²) in [6.45, 7) is 4.73. The normalized spacial score (nSPS) is 12.9. The molecule has 1 aromatic heterocycles. The van der Waals surface area contributed by atoms with Crippen LogP contribution in [0.5, 0.6) is 0 Å². The molecule has 0 saturated heterocycles. The van der Waals surface area contributed by atoms with E-state index in [0.29, 0.717) is 0 Å². The van der Waals surface area contributed by atoms with Crippen LogP contribution in [-0.4, -0.2) is 0 Å². The SMILES string of the molecule is CC1(C)c2ccccc2-c2ccc(N(c3ccc(-c4ccccc4)cc3)c3cc(-c4ccccc4)cc4sc5cc(-c6ccccc6)ccc5c34)cc21. The highest BCUT2D eigenvalue weighted by Crippen LogP contribution is 2.52. The van der Waals surface area contributed by atoms with Crippen LogP contribution < -0.4 is 4.90 Å². The van der Waals surface area contributed by atoms with Crippen molar-refractivity contribution < 1.29 is 0 Å². The number of nitrogens with zero attached hydrogens (tertiary/aromatic N) is 1. The van der Waals surface area contributed by atoms with E-state index < -0.39 is 0 Å². The van der Waals surface area contributed by atoms with E-state index in [1.807, 2.05) is 11.3 Å². The smallest absolute Gasteiger partial charge is 0.0560 e. The molecule has 0 amide bonds. The van der Waals surface area contributed by atoms with Gasteiger partial charge in [0.2, 0.25) is 0 Å². The molecular weight excluding hydrogens is 659 g/mol.